The van der Waals surface area contributed by atoms with Crippen LogP contribution in [0.15, 0.2) is 40.3 Å². The monoisotopic (exact) mass is 510 g/mol. The Bertz CT molecular complexity index is 1220. The molecule has 0 bridgehead atoms. The number of methoxy groups -OCH3 is 1. The lowest BCUT2D eigenvalue weighted by Gasteiger charge is -2.37. The van der Waals surface area contributed by atoms with Crippen LogP contribution in [0, 0.1) is 0 Å². The van der Waals surface area contributed by atoms with Gasteiger partial charge in [0.25, 0.3) is 0 Å². The molecule has 2 heterocycles. The first kappa shape index (κ1) is 25.7. The zero-order valence-electron chi connectivity index (χ0n) is 18.3. The highest BCUT2D eigenvalue weighted by Crippen LogP contribution is 2.43. The maximum absolute atomic E-state index is 13.4. The number of aromatic nitrogens is 2. The van der Waals surface area contributed by atoms with E-state index in [9.17, 15) is 30.0 Å². The van der Waals surface area contributed by atoms with Gasteiger partial charge in [-0.05, 0) is 38.0 Å². The highest BCUT2D eigenvalue weighted by Gasteiger charge is 2.46. The van der Waals surface area contributed by atoms with E-state index in [4.69, 9.17) is 9.47 Å². The van der Waals surface area contributed by atoms with E-state index < -0.39 is 47.2 Å². The second-order valence-corrected chi connectivity index (χ2v) is 12.6. The molecular weight excluding hydrogens is 485 g/mol. The lowest BCUT2D eigenvalue weighted by molar-refractivity contribution is -0.137. The summed E-state index contributed by atoms with van der Waals surface area (Å²) in [6.45, 7) is 1.91. The molecular formula is C20H25F3N2O6S2. The minimum Gasteiger partial charge on any atom is -0.383 e. The van der Waals surface area contributed by atoms with E-state index in [0.717, 1.165) is 24.5 Å². The lowest BCUT2D eigenvalue weighted by Crippen LogP contribution is -2.42. The first-order valence-electron chi connectivity index (χ1n) is 9.99. The van der Waals surface area contributed by atoms with Gasteiger partial charge >= 0.3 is 6.18 Å². The van der Waals surface area contributed by atoms with Crippen molar-refractivity contribution in [3.05, 3.63) is 41.6 Å². The minimum absolute atomic E-state index is 0.0169. The summed E-state index contributed by atoms with van der Waals surface area (Å²) in [5, 5.41) is 3.91. The van der Waals surface area contributed by atoms with Crippen molar-refractivity contribution in [2.45, 2.75) is 53.3 Å². The maximum atomic E-state index is 13.4. The fourth-order valence-corrected chi connectivity index (χ4v) is 6.15. The molecule has 2 aromatic rings. The molecule has 0 aliphatic carbocycles. The third-order valence-corrected chi connectivity index (χ3v) is 9.20. The summed E-state index contributed by atoms with van der Waals surface area (Å²) in [6.07, 6.45) is -4.53. The summed E-state index contributed by atoms with van der Waals surface area (Å²) in [5.41, 5.74) is -0.691. The number of ether oxygens (including phenoxy) is 2. The molecule has 1 aromatic heterocycles. The highest BCUT2D eigenvalue weighted by atomic mass is 32.2. The Morgan fingerprint density at radius 1 is 1.24 bits per heavy atom. The number of benzene rings is 1. The van der Waals surface area contributed by atoms with Crippen LogP contribution in [0.4, 0.5) is 13.2 Å². The fourth-order valence-electron chi connectivity index (χ4n) is 3.73. The van der Waals surface area contributed by atoms with Gasteiger partial charge in [-0.15, -0.1) is 0 Å². The van der Waals surface area contributed by atoms with Gasteiger partial charge in [-0.3, -0.25) is 4.68 Å². The Morgan fingerprint density at radius 3 is 2.55 bits per heavy atom. The quantitative estimate of drug-likeness (QED) is 0.564. The topological polar surface area (TPSA) is 105 Å². The third kappa shape index (κ3) is 5.26. The molecule has 0 saturated carbocycles. The number of hydrogen-bond donors (Lipinski definition) is 0. The Hall–Kier alpha value is -1.96. The van der Waals surface area contributed by atoms with E-state index in [-0.39, 0.29) is 37.6 Å². The van der Waals surface area contributed by atoms with E-state index in [2.05, 4.69) is 5.10 Å². The average molecular weight is 511 g/mol. The summed E-state index contributed by atoms with van der Waals surface area (Å²) < 4.78 is 101. The zero-order chi connectivity index (χ0) is 24.7. The molecule has 13 heteroatoms. The predicted octanol–water partition coefficient (Wildman–Crippen LogP) is 3.04. The first-order chi connectivity index (χ1) is 15.2. The molecule has 0 spiro atoms. The van der Waals surface area contributed by atoms with Crippen molar-refractivity contribution in [1.29, 1.82) is 0 Å². The van der Waals surface area contributed by atoms with Crippen LogP contribution in [-0.2, 0) is 41.9 Å². The van der Waals surface area contributed by atoms with Gasteiger partial charge in [0.2, 0.25) is 0 Å². The van der Waals surface area contributed by atoms with Crippen molar-refractivity contribution in [2.24, 2.45) is 0 Å². The summed E-state index contributed by atoms with van der Waals surface area (Å²) in [7, 11) is -6.36. The summed E-state index contributed by atoms with van der Waals surface area (Å²) >= 11 is 0. The first-order valence-corrected chi connectivity index (χ1v) is 13.4. The van der Waals surface area contributed by atoms with E-state index in [1.165, 1.54) is 24.8 Å². The van der Waals surface area contributed by atoms with Gasteiger partial charge in [0.15, 0.2) is 24.7 Å². The fraction of sp³-hybridized carbons (Fsp3) is 0.550. The molecule has 1 fully saturated rings. The molecule has 2 unspecified atom stereocenters. The molecule has 8 nitrogen and oxygen atoms in total. The number of sulfone groups is 2. The van der Waals surface area contributed by atoms with Crippen molar-refractivity contribution < 1.29 is 39.5 Å². The average Bonchev–Trinajstić information content (AvgIpc) is 3.16. The smallest absolute Gasteiger partial charge is 0.383 e. The van der Waals surface area contributed by atoms with Crippen molar-refractivity contribution in [3.63, 3.8) is 0 Å². The normalized spacial score (nSPS) is 22.4. The molecule has 0 N–H and O–H groups in total. The molecule has 3 rings (SSSR count). The second-order valence-electron chi connectivity index (χ2n) is 8.19. The molecule has 1 aliphatic rings. The molecule has 0 radical (unpaired) electrons. The SMILES string of the molecule is COCCn1nc(S(C)(=O)=O)cc1C1CC(C)(S(=O)(=O)c2cccc(C(F)(F)F)c2)CCO1. The Kier molecular flexibility index (Phi) is 7.00. The van der Waals surface area contributed by atoms with E-state index in [1.807, 2.05) is 0 Å². The maximum Gasteiger partial charge on any atom is 0.416 e. The number of rotatable bonds is 7. The lowest BCUT2D eigenvalue weighted by atomic mass is 9.95. The van der Waals surface area contributed by atoms with Crippen LogP contribution in [-0.4, -0.2) is 57.9 Å². The van der Waals surface area contributed by atoms with E-state index in [1.54, 1.807) is 0 Å². The third-order valence-electron chi connectivity index (χ3n) is 5.69. The van der Waals surface area contributed by atoms with Gasteiger partial charge < -0.3 is 9.47 Å². The Balaban J connectivity index is 1.99. The minimum atomic E-state index is -4.68. The van der Waals surface area contributed by atoms with Gasteiger partial charge in [0, 0.05) is 26.0 Å². The van der Waals surface area contributed by atoms with Gasteiger partial charge in [-0.1, -0.05) is 6.07 Å². The standard InChI is InChI=1S/C20H25F3N2O6S2/c1-19(33(28,29)15-6-4-5-14(11-15)20(21,22)23)7-9-31-17(13-19)16-12-18(32(3,26)27)24-25(16)8-10-30-2/h4-6,11-12,17H,7-10,13H2,1-3H3. The van der Waals surface area contributed by atoms with Crippen molar-refractivity contribution >= 4 is 19.7 Å². The molecule has 0 amide bonds. The summed E-state index contributed by atoms with van der Waals surface area (Å²) in [4.78, 5) is -0.426. The second kappa shape index (κ2) is 9.01. The van der Waals surface area contributed by atoms with Crippen LogP contribution in [0.3, 0.4) is 0 Å². The summed E-state index contributed by atoms with van der Waals surface area (Å²) in [5.74, 6) is 0. The Morgan fingerprint density at radius 2 is 1.94 bits per heavy atom. The van der Waals surface area contributed by atoms with Gasteiger partial charge in [-0.25, -0.2) is 16.8 Å². The summed E-state index contributed by atoms with van der Waals surface area (Å²) in [6, 6.07) is 4.99. The molecule has 2 atom stereocenters. The van der Waals surface area contributed by atoms with Gasteiger partial charge in [0.1, 0.15) is 6.10 Å². The van der Waals surface area contributed by atoms with Crippen LogP contribution in [0.5, 0.6) is 0 Å². The largest absolute Gasteiger partial charge is 0.416 e. The van der Waals surface area contributed by atoms with Gasteiger partial charge in [0.05, 0.1) is 34.1 Å². The van der Waals surface area contributed by atoms with E-state index >= 15 is 0 Å². The molecule has 1 aromatic carbocycles. The molecule has 1 aliphatic heterocycles. The number of halogens is 3. The Labute approximate surface area is 190 Å². The van der Waals surface area contributed by atoms with Crippen molar-refractivity contribution in [2.75, 3.05) is 26.6 Å². The predicted molar refractivity (Wildman–Crippen MR) is 112 cm³/mol. The van der Waals surface area contributed by atoms with Crippen LogP contribution >= 0.6 is 0 Å². The van der Waals surface area contributed by atoms with E-state index in [0.29, 0.717) is 11.8 Å². The molecule has 1 saturated heterocycles. The van der Waals surface area contributed by atoms with Crippen LogP contribution < -0.4 is 0 Å². The van der Waals surface area contributed by atoms with Gasteiger partial charge in [-0.2, -0.15) is 18.3 Å². The van der Waals surface area contributed by atoms with Crippen LogP contribution in [0.2, 0.25) is 0 Å². The molecule has 184 valence electrons. The van der Waals surface area contributed by atoms with Crippen molar-refractivity contribution in [3.8, 4) is 0 Å². The number of hydrogen-bond acceptors (Lipinski definition) is 7. The number of nitrogens with zero attached hydrogens (tertiary/aromatic N) is 2. The molecule has 33 heavy (non-hydrogen) atoms. The van der Waals surface area contributed by atoms with Crippen molar-refractivity contribution in [1.82, 2.24) is 9.78 Å². The van der Waals surface area contributed by atoms with Crippen LogP contribution in [0.25, 0.3) is 0 Å². The van der Waals surface area contributed by atoms with Crippen LogP contribution in [0.1, 0.15) is 37.1 Å². The zero-order valence-corrected chi connectivity index (χ0v) is 19.9. The highest BCUT2D eigenvalue weighted by molar-refractivity contribution is 7.92. The number of alkyl halides is 3.